The lowest BCUT2D eigenvalue weighted by molar-refractivity contribution is -0.118. The summed E-state index contributed by atoms with van der Waals surface area (Å²) in [4.78, 5) is 12.2. The van der Waals surface area contributed by atoms with E-state index in [0.29, 0.717) is 17.3 Å². The zero-order chi connectivity index (χ0) is 21.8. The lowest BCUT2D eigenvalue weighted by Gasteiger charge is -2.07. The number of ether oxygens (including phenoxy) is 2. The number of fused-ring (bicyclic) bond motifs is 1. The number of rotatable bonds is 7. The molecule has 5 rings (SSSR count). The normalized spacial score (nSPS) is 12.0. The molecule has 8 nitrogen and oxygen atoms in total. The Kier molecular flexibility index (Phi) is 5.71. The predicted molar refractivity (Wildman–Crippen MR) is 120 cm³/mol. The van der Waals surface area contributed by atoms with E-state index >= 15 is 0 Å². The minimum absolute atomic E-state index is 0.0762. The first kappa shape index (κ1) is 20.1. The maximum absolute atomic E-state index is 12.2. The fourth-order valence-electron chi connectivity index (χ4n) is 3.20. The molecule has 0 saturated heterocycles. The fourth-order valence-corrected chi connectivity index (χ4v) is 3.84. The zero-order valence-corrected chi connectivity index (χ0v) is 17.8. The monoisotopic (exact) mass is 445 g/mol. The van der Waals surface area contributed by atoms with Crippen LogP contribution in [0.3, 0.4) is 0 Å². The summed E-state index contributed by atoms with van der Waals surface area (Å²) in [5.41, 5.74) is 3.67. The molecule has 0 fully saturated rings. The van der Waals surface area contributed by atoms with Crippen molar-refractivity contribution in [2.24, 2.45) is 0 Å². The maximum atomic E-state index is 12.2. The summed E-state index contributed by atoms with van der Waals surface area (Å²) in [5.74, 6) is 1.62. The summed E-state index contributed by atoms with van der Waals surface area (Å²) in [6.07, 6.45) is 3.64. The average Bonchev–Trinajstić information content (AvgIpc) is 3.54. The molecule has 2 aromatic heterocycles. The zero-order valence-electron chi connectivity index (χ0n) is 17.0. The molecule has 1 aliphatic rings. The van der Waals surface area contributed by atoms with Crippen LogP contribution in [-0.4, -0.2) is 38.4 Å². The van der Waals surface area contributed by atoms with Crippen LogP contribution in [0.15, 0.2) is 78.1 Å². The van der Waals surface area contributed by atoms with E-state index in [2.05, 4.69) is 20.6 Å². The molecule has 0 saturated carbocycles. The SMILES string of the molecule is O=C(CSc1ccc(-c2ccc(-n3cccn3)cc2)nn1)NCc1ccc2c(c1)OCO2. The van der Waals surface area contributed by atoms with Gasteiger partial charge in [0.15, 0.2) is 11.5 Å². The van der Waals surface area contributed by atoms with Crippen LogP contribution in [0, 0.1) is 0 Å². The fraction of sp³-hybridized carbons (Fsp3) is 0.130. The molecule has 0 aliphatic carbocycles. The van der Waals surface area contributed by atoms with Crippen LogP contribution in [0.5, 0.6) is 11.5 Å². The van der Waals surface area contributed by atoms with Crippen molar-refractivity contribution in [3.63, 3.8) is 0 Å². The first-order valence-corrected chi connectivity index (χ1v) is 11.0. The Balaban J connectivity index is 1.12. The first-order valence-electron chi connectivity index (χ1n) is 9.97. The number of hydrogen-bond acceptors (Lipinski definition) is 7. The minimum atomic E-state index is -0.0762. The lowest BCUT2D eigenvalue weighted by Crippen LogP contribution is -2.24. The van der Waals surface area contributed by atoms with Crippen molar-refractivity contribution in [2.75, 3.05) is 12.5 Å². The molecular formula is C23H19N5O3S. The highest BCUT2D eigenvalue weighted by molar-refractivity contribution is 7.99. The second-order valence-corrected chi connectivity index (χ2v) is 8.00. The Morgan fingerprint density at radius 2 is 1.91 bits per heavy atom. The molecule has 0 radical (unpaired) electrons. The first-order chi connectivity index (χ1) is 15.7. The van der Waals surface area contributed by atoms with Crippen LogP contribution in [0.1, 0.15) is 5.56 Å². The third-order valence-corrected chi connectivity index (χ3v) is 5.77. The second kappa shape index (κ2) is 9.11. The number of amides is 1. The molecule has 3 heterocycles. The molecule has 4 aromatic rings. The number of benzene rings is 2. The highest BCUT2D eigenvalue weighted by Crippen LogP contribution is 2.32. The van der Waals surface area contributed by atoms with Gasteiger partial charge in [0.25, 0.3) is 0 Å². The smallest absolute Gasteiger partial charge is 0.231 e. The summed E-state index contributed by atoms with van der Waals surface area (Å²) in [7, 11) is 0. The van der Waals surface area contributed by atoms with Gasteiger partial charge in [0.05, 0.1) is 17.1 Å². The van der Waals surface area contributed by atoms with Crippen LogP contribution in [-0.2, 0) is 11.3 Å². The van der Waals surface area contributed by atoms with Gasteiger partial charge in [-0.05, 0) is 48.0 Å². The van der Waals surface area contributed by atoms with Crippen molar-refractivity contribution in [2.45, 2.75) is 11.6 Å². The van der Waals surface area contributed by atoms with Crippen molar-refractivity contribution >= 4 is 17.7 Å². The molecule has 160 valence electrons. The predicted octanol–water partition coefficient (Wildman–Crippen LogP) is 3.47. The van der Waals surface area contributed by atoms with Crippen LogP contribution < -0.4 is 14.8 Å². The van der Waals surface area contributed by atoms with Crippen LogP contribution in [0.2, 0.25) is 0 Å². The molecule has 9 heteroatoms. The van der Waals surface area contributed by atoms with Gasteiger partial charge in [0.1, 0.15) is 5.03 Å². The van der Waals surface area contributed by atoms with Gasteiger partial charge >= 0.3 is 0 Å². The molecule has 1 amide bonds. The van der Waals surface area contributed by atoms with E-state index < -0.39 is 0 Å². The van der Waals surface area contributed by atoms with Gasteiger partial charge in [-0.15, -0.1) is 10.2 Å². The van der Waals surface area contributed by atoms with E-state index in [1.807, 2.05) is 66.9 Å². The van der Waals surface area contributed by atoms with Crippen molar-refractivity contribution in [3.05, 3.63) is 78.6 Å². The molecule has 2 aromatic carbocycles. The second-order valence-electron chi connectivity index (χ2n) is 7.01. The van der Waals surface area contributed by atoms with E-state index in [-0.39, 0.29) is 18.5 Å². The Morgan fingerprint density at radius 1 is 1.03 bits per heavy atom. The van der Waals surface area contributed by atoms with E-state index in [1.54, 1.807) is 10.9 Å². The summed E-state index contributed by atoms with van der Waals surface area (Å²) in [5, 5.41) is 16.4. The highest BCUT2D eigenvalue weighted by atomic mass is 32.2. The Labute approximate surface area is 188 Å². The number of aromatic nitrogens is 4. The van der Waals surface area contributed by atoms with Crippen molar-refractivity contribution in [1.82, 2.24) is 25.3 Å². The molecule has 1 aliphatic heterocycles. The standard InChI is InChI=1S/C23H19N5O3S/c29-22(24-13-16-2-8-20-21(12-16)31-15-30-20)14-32-23-9-7-19(26-27-23)17-3-5-18(6-4-17)28-11-1-10-25-28/h1-12H,13-15H2,(H,24,29). The molecule has 32 heavy (non-hydrogen) atoms. The number of thioether (sulfide) groups is 1. The van der Waals surface area contributed by atoms with Gasteiger partial charge in [0.2, 0.25) is 12.7 Å². The molecule has 0 spiro atoms. The molecule has 0 atom stereocenters. The van der Waals surface area contributed by atoms with E-state index in [4.69, 9.17) is 9.47 Å². The molecule has 0 bridgehead atoms. The lowest BCUT2D eigenvalue weighted by atomic mass is 10.1. The molecule has 0 unspecified atom stereocenters. The third kappa shape index (κ3) is 4.57. The van der Waals surface area contributed by atoms with Crippen molar-refractivity contribution in [3.8, 4) is 28.4 Å². The van der Waals surface area contributed by atoms with Crippen LogP contribution in [0.25, 0.3) is 16.9 Å². The summed E-state index contributed by atoms with van der Waals surface area (Å²) >= 11 is 1.35. The largest absolute Gasteiger partial charge is 0.454 e. The Hall–Kier alpha value is -3.85. The molecule has 1 N–H and O–H groups in total. The number of carbonyl (C=O) groups is 1. The summed E-state index contributed by atoms with van der Waals surface area (Å²) in [6, 6.07) is 19.2. The van der Waals surface area contributed by atoms with Gasteiger partial charge in [-0.2, -0.15) is 5.10 Å². The van der Waals surface area contributed by atoms with Crippen molar-refractivity contribution in [1.29, 1.82) is 0 Å². The number of nitrogens with zero attached hydrogens (tertiary/aromatic N) is 4. The minimum Gasteiger partial charge on any atom is -0.454 e. The number of hydrogen-bond donors (Lipinski definition) is 1. The number of nitrogens with one attached hydrogen (secondary N) is 1. The Bertz CT molecular complexity index is 1210. The molecular weight excluding hydrogens is 426 g/mol. The van der Waals surface area contributed by atoms with Crippen LogP contribution in [0.4, 0.5) is 0 Å². The van der Waals surface area contributed by atoms with E-state index in [1.165, 1.54) is 11.8 Å². The number of carbonyl (C=O) groups excluding carboxylic acids is 1. The van der Waals surface area contributed by atoms with Gasteiger partial charge < -0.3 is 14.8 Å². The quantitative estimate of drug-likeness (QED) is 0.436. The van der Waals surface area contributed by atoms with Gasteiger partial charge in [-0.25, -0.2) is 4.68 Å². The van der Waals surface area contributed by atoms with Crippen LogP contribution >= 0.6 is 11.8 Å². The third-order valence-electron chi connectivity index (χ3n) is 4.85. The summed E-state index contributed by atoms with van der Waals surface area (Å²) in [6.45, 7) is 0.660. The Morgan fingerprint density at radius 3 is 2.69 bits per heavy atom. The maximum Gasteiger partial charge on any atom is 0.231 e. The summed E-state index contributed by atoms with van der Waals surface area (Å²) < 4.78 is 12.5. The topological polar surface area (TPSA) is 91.2 Å². The van der Waals surface area contributed by atoms with E-state index in [9.17, 15) is 4.79 Å². The van der Waals surface area contributed by atoms with Gasteiger partial charge in [-0.3, -0.25) is 4.79 Å². The average molecular weight is 446 g/mol. The highest BCUT2D eigenvalue weighted by Gasteiger charge is 2.13. The van der Waals surface area contributed by atoms with Crippen molar-refractivity contribution < 1.29 is 14.3 Å². The van der Waals surface area contributed by atoms with Gasteiger partial charge in [-0.1, -0.05) is 30.0 Å². The van der Waals surface area contributed by atoms with Gasteiger partial charge in [0, 0.05) is 24.5 Å². The van der Waals surface area contributed by atoms with E-state index in [0.717, 1.165) is 28.3 Å².